The average Bonchev–Trinajstić information content (AvgIpc) is 3.30. The molecule has 5 rings (SSSR count). The van der Waals surface area contributed by atoms with Crippen LogP contribution in [0, 0.1) is 5.92 Å². The summed E-state index contributed by atoms with van der Waals surface area (Å²) < 4.78 is 12.1. The second-order valence-electron chi connectivity index (χ2n) is 9.70. The molecule has 3 aromatic rings. The molecule has 2 aromatic carbocycles. The lowest BCUT2D eigenvalue weighted by Gasteiger charge is -2.39. The molecule has 194 valence electrons. The number of hydrogen-bond acceptors (Lipinski definition) is 5. The molecule has 2 heterocycles. The number of nitrogens with one attached hydrogen (secondary N) is 1. The quantitative estimate of drug-likeness (QED) is 0.363. The first-order valence-corrected chi connectivity index (χ1v) is 14.7. The van der Waals surface area contributed by atoms with Crippen molar-refractivity contribution >= 4 is 28.4 Å². The van der Waals surface area contributed by atoms with E-state index in [1.807, 2.05) is 31.8 Å². The molecule has 1 N–H and O–H groups in total. The molecule has 1 aromatic heterocycles. The van der Waals surface area contributed by atoms with Crippen LogP contribution in [0.3, 0.4) is 0 Å². The monoisotopic (exact) mass is 506 g/mol. The van der Waals surface area contributed by atoms with E-state index in [0.717, 1.165) is 45.5 Å². The molecule has 36 heavy (non-hydrogen) atoms. The maximum atomic E-state index is 6.52. The summed E-state index contributed by atoms with van der Waals surface area (Å²) in [5.41, 5.74) is 5.35. The van der Waals surface area contributed by atoms with Crippen molar-refractivity contribution in [1.82, 2.24) is 19.4 Å². The van der Waals surface area contributed by atoms with E-state index < -0.39 is 0 Å². The highest BCUT2D eigenvalue weighted by molar-refractivity contribution is 7.96. The zero-order valence-electron chi connectivity index (χ0n) is 22.3. The number of rotatable bonds is 8. The number of piperidine rings is 1. The van der Waals surface area contributed by atoms with Crippen molar-refractivity contribution in [1.29, 1.82) is 0 Å². The van der Waals surface area contributed by atoms with Crippen LogP contribution in [0.2, 0.25) is 0 Å². The molecular formula is C30H42N4OS. The minimum Gasteiger partial charge on any atom is -0.377 e. The SMILES string of the molecule is CC.CSNC1CCN(Cc2ccccc2)CC1COC1CC=C(c2ccc3c(cnn3C)c2)CC1. The summed E-state index contributed by atoms with van der Waals surface area (Å²) in [5.74, 6) is 0.517. The van der Waals surface area contributed by atoms with Crippen LogP contribution in [-0.2, 0) is 18.3 Å². The summed E-state index contributed by atoms with van der Waals surface area (Å²) in [5, 5.41) is 5.59. The Bertz CT molecular complexity index is 1110. The van der Waals surface area contributed by atoms with Gasteiger partial charge in [0.1, 0.15) is 0 Å². The molecule has 1 saturated heterocycles. The molecule has 2 aliphatic rings. The molecule has 5 nitrogen and oxygen atoms in total. The molecule has 0 radical (unpaired) electrons. The largest absolute Gasteiger partial charge is 0.377 e. The molecule has 6 heteroatoms. The van der Waals surface area contributed by atoms with Gasteiger partial charge in [-0.15, -0.1) is 0 Å². The number of nitrogens with zero attached hydrogens (tertiary/aromatic N) is 3. The van der Waals surface area contributed by atoms with E-state index in [4.69, 9.17) is 4.74 Å². The third-order valence-corrected chi connectivity index (χ3v) is 7.90. The van der Waals surface area contributed by atoms with Gasteiger partial charge in [-0.25, -0.2) is 0 Å². The number of hydrogen-bond donors (Lipinski definition) is 1. The lowest BCUT2D eigenvalue weighted by atomic mass is 9.90. The predicted octanol–water partition coefficient (Wildman–Crippen LogP) is 6.31. The van der Waals surface area contributed by atoms with Crippen molar-refractivity contribution in [3.8, 4) is 0 Å². The third-order valence-electron chi connectivity index (χ3n) is 7.36. The first-order chi connectivity index (χ1) is 17.7. The molecule has 0 spiro atoms. The highest BCUT2D eigenvalue weighted by Gasteiger charge is 2.30. The van der Waals surface area contributed by atoms with E-state index in [2.05, 4.69) is 75.6 Å². The summed E-state index contributed by atoms with van der Waals surface area (Å²) in [6.07, 6.45) is 11.2. The average molecular weight is 507 g/mol. The van der Waals surface area contributed by atoms with Gasteiger partial charge < -0.3 is 4.74 Å². The number of aryl methyl sites for hydroxylation is 1. The molecule has 1 aliphatic heterocycles. The van der Waals surface area contributed by atoms with Crippen LogP contribution in [0.25, 0.3) is 16.5 Å². The molecule has 0 amide bonds. The van der Waals surface area contributed by atoms with Crippen LogP contribution in [0.1, 0.15) is 50.7 Å². The fraction of sp³-hybridized carbons (Fsp3) is 0.500. The van der Waals surface area contributed by atoms with Crippen molar-refractivity contribution in [2.75, 3.05) is 26.0 Å². The summed E-state index contributed by atoms with van der Waals surface area (Å²) >= 11 is 1.74. The Morgan fingerprint density at radius 3 is 2.69 bits per heavy atom. The molecule has 3 unspecified atom stereocenters. The van der Waals surface area contributed by atoms with Gasteiger partial charge in [-0.3, -0.25) is 14.3 Å². The Hall–Kier alpha value is -2.12. The van der Waals surface area contributed by atoms with E-state index in [-0.39, 0.29) is 0 Å². The number of benzene rings is 2. The smallest absolute Gasteiger partial charge is 0.0679 e. The number of likely N-dealkylation sites (tertiary alicyclic amines) is 1. The summed E-state index contributed by atoms with van der Waals surface area (Å²) in [7, 11) is 2.00. The minimum atomic E-state index is 0.324. The maximum absolute atomic E-state index is 6.52. The van der Waals surface area contributed by atoms with Gasteiger partial charge in [-0.05, 0) is 60.8 Å². The molecule has 1 fully saturated rings. The molecule has 0 saturated carbocycles. The maximum Gasteiger partial charge on any atom is 0.0679 e. The van der Waals surface area contributed by atoms with Crippen molar-refractivity contribution in [2.24, 2.45) is 13.0 Å². The summed E-state index contributed by atoms with van der Waals surface area (Å²) in [6, 6.07) is 18.0. The van der Waals surface area contributed by atoms with Gasteiger partial charge in [-0.2, -0.15) is 5.10 Å². The number of fused-ring (bicyclic) bond motifs is 1. The fourth-order valence-corrected chi connectivity index (χ4v) is 6.03. The highest BCUT2D eigenvalue weighted by atomic mass is 32.2. The van der Waals surface area contributed by atoms with Crippen molar-refractivity contribution < 1.29 is 4.74 Å². The van der Waals surface area contributed by atoms with Gasteiger partial charge in [0.2, 0.25) is 0 Å². The molecule has 0 bridgehead atoms. The second kappa shape index (κ2) is 13.4. The van der Waals surface area contributed by atoms with E-state index in [1.54, 1.807) is 11.9 Å². The van der Waals surface area contributed by atoms with Crippen molar-refractivity contribution in [2.45, 2.75) is 58.2 Å². The number of aromatic nitrogens is 2. The van der Waals surface area contributed by atoms with Gasteiger partial charge in [0.25, 0.3) is 0 Å². The van der Waals surface area contributed by atoms with Gasteiger partial charge in [-0.1, -0.05) is 68.3 Å². The highest BCUT2D eigenvalue weighted by Crippen LogP contribution is 2.31. The minimum absolute atomic E-state index is 0.324. The first kappa shape index (κ1) is 26.9. The normalized spacial score (nSPS) is 22.7. The van der Waals surface area contributed by atoms with Gasteiger partial charge >= 0.3 is 0 Å². The van der Waals surface area contributed by atoms with Crippen molar-refractivity contribution in [3.05, 3.63) is 71.9 Å². The topological polar surface area (TPSA) is 42.3 Å². The standard InChI is InChI=1S/C28H36N4OS.C2H6/c1-31-28-13-10-23(16-24(28)17-29-31)22-8-11-26(12-9-22)33-20-25-19-32(15-14-27(25)30-34-2)18-21-6-4-3-5-7-21;1-2/h3-8,10,13,16-17,25-27,30H,9,11-12,14-15,18-20H2,1-2H3;1-2H3. The van der Waals surface area contributed by atoms with Crippen LogP contribution >= 0.6 is 11.9 Å². The molecule has 3 atom stereocenters. The Balaban J connectivity index is 0.00000148. The van der Waals surface area contributed by atoms with E-state index in [0.29, 0.717) is 18.1 Å². The van der Waals surface area contributed by atoms with Gasteiger partial charge in [0, 0.05) is 44.0 Å². The zero-order chi connectivity index (χ0) is 25.3. The van der Waals surface area contributed by atoms with Crippen LogP contribution in [0.15, 0.2) is 60.8 Å². The summed E-state index contributed by atoms with van der Waals surface area (Å²) in [4.78, 5) is 2.59. The van der Waals surface area contributed by atoms with Crippen LogP contribution in [0.4, 0.5) is 0 Å². The van der Waals surface area contributed by atoms with Crippen LogP contribution in [0.5, 0.6) is 0 Å². The fourth-order valence-electron chi connectivity index (χ4n) is 5.41. The van der Waals surface area contributed by atoms with Crippen LogP contribution in [-0.4, -0.2) is 52.8 Å². The predicted molar refractivity (Wildman–Crippen MR) is 154 cm³/mol. The Labute approximate surface area is 221 Å². The Kier molecular flexibility index (Phi) is 10.0. The Morgan fingerprint density at radius 2 is 1.94 bits per heavy atom. The summed E-state index contributed by atoms with van der Waals surface area (Å²) in [6.45, 7) is 8.09. The lowest BCUT2D eigenvalue weighted by molar-refractivity contribution is -0.00308. The third kappa shape index (κ3) is 6.80. The van der Waals surface area contributed by atoms with E-state index in [9.17, 15) is 0 Å². The Morgan fingerprint density at radius 1 is 1.11 bits per heavy atom. The van der Waals surface area contributed by atoms with E-state index in [1.165, 1.54) is 34.0 Å². The lowest BCUT2D eigenvalue weighted by Crippen LogP contribution is -2.49. The number of allylic oxidation sites excluding steroid dienone is 1. The number of ether oxygens (including phenoxy) is 1. The molecular weight excluding hydrogens is 464 g/mol. The second-order valence-corrected chi connectivity index (χ2v) is 10.3. The van der Waals surface area contributed by atoms with Crippen molar-refractivity contribution in [3.63, 3.8) is 0 Å². The zero-order valence-corrected chi connectivity index (χ0v) is 23.1. The first-order valence-electron chi connectivity index (χ1n) is 13.5. The van der Waals surface area contributed by atoms with Gasteiger partial charge in [0.05, 0.1) is 24.4 Å². The molecule has 1 aliphatic carbocycles. The van der Waals surface area contributed by atoms with Crippen LogP contribution < -0.4 is 4.72 Å². The van der Waals surface area contributed by atoms with Gasteiger partial charge in [0.15, 0.2) is 0 Å². The van der Waals surface area contributed by atoms with E-state index >= 15 is 0 Å².